The maximum atomic E-state index is 5.84. The summed E-state index contributed by atoms with van der Waals surface area (Å²) in [6.07, 6.45) is 5.30. The molecular formula is C18H15N5. The second kappa shape index (κ2) is 5.21. The highest BCUT2D eigenvalue weighted by molar-refractivity contribution is 5.85. The van der Waals surface area contributed by atoms with Crippen LogP contribution in [0.15, 0.2) is 61.1 Å². The lowest BCUT2D eigenvalue weighted by Crippen LogP contribution is -2.00. The Hall–Kier alpha value is -3.21. The topological polar surface area (TPSA) is 69.6 Å². The van der Waals surface area contributed by atoms with Crippen molar-refractivity contribution in [3.05, 3.63) is 66.7 Å². The summed E-state index contributed by atoms with van der Waals surface area (Å²) < 4.78 is 1.85. The number of aryl methyl sites for hydroxylation is 1. The average Bonchev–Trinajstić information content (AvgIpc) is 2.98. The molecule has 0 amide bonds. The molecule has 0 bridgehead atoms. The van der Waals surface area contributed by atoms with Gasteiger partial charge in [0.1, 0.15) is 0 Å². The number of fused-ring (bicyclic) bond motifs is 1. The lowest BCUT2D eigenvalue weighted by atomic mass is 10.1. The van der Waals surface area contributed by atoms with Crippen LogP contribution >= 0.6 is 0 Å². The zero-order valence-corrected chi connectivity index (χ0v) is 12.6. The summed E-state index contributed by atoms with van der Waals surface area (Å²) in [7, 11) is 0. The zero-order chi connectivity index (χ0) is 15.8. The number of anilines is 1. The van der Waals surface area contributed by atoms with Crippen LogP contribution in [0.25, 0.3) is 27.8 Å². The Morgan fingerprint density at radius 2 is 1.87 bits per heavy atom. The molecule has 3 aromatic heterocycles. The zero-order valence-electron chi connectivity index (χ0n) is 12.6. The molecule has 0 aliphatic heterocycles. The minimum atomic E-state index is 0.649. The third kappa shape index (κ3) is 2.42. The van der Waals surface area contributed by atoms with Crippen molar-refractivity contribution in [1.29, 1.82) is 0 Å². The van der Waals surface area contributed by atoms with Crippen LogP contribution < -0.4 is 5.73 Å². The number of pyridine rings is 2. The summed E-state index contributed by atoms with van der Waals surface area (Å²) in [5, 5.41) is 5.54. The van der Waals surface area contributed by atoms with Crippen molar-refractivity contribution >= 4 is 16.6 Å². The van der Waals surface area contributed by atoms with E-state index in [0.29, 0.717) is 5.69 Å². The van der Waals surface area contributed by atoms with E-state index in [1.165, 1.54) is 0 Å². The Labute approximate surface area is 133 Å². The predicted octanol–water partition coefficient (Wildman–Crippen LogP) is 3.37. The highest BCUT2D eigenvalue weighted by Crippen LogP contribution is 2.26. The van der Waals surface area contributed by atoms with E-state index in [9.17, 15) is 0 Å². The predicted molar refractivity (Wildman–Crippen MR) is 91.2 cm³/mol. The van der Waals surface area contributed by atoms with E-state index in [1.54, 1.807) is 6.20 Å². The van der Waals surface area contributed by atoms with Crippen LogP contribution in [0.2, 0.25) is 0 Å². The molecule has 3 heterocycles. The molecule has 5 nitrogen and oxygen atoms in total. The Kier molecular flexibility index (Phi) is 3.05. The van der Waals surface area contributed by atoms with Crippen molar-refractivity contribution in [2.24, 2.45) is 0 Å². The molecule has 0 radical (unpaired) electrons. The summed E-state index contributed by atoms with van der Waals surface area (Å²) >= 11 is 0. The number of benzene rings is 1. The number of hydrogen-bond acceptors (Lipinski definition) is 4. The van der Waals surface area contributed by atoms with E-state index in [1.807, 2.05) is 54.3 Å². The monoisotopic (exact) mass is 301 g/mol. The fourth-order valence-electron chi connectivity index (χ4n) is 2.64. The van der Waals surface area contributed by atoms with Crippen LogP contribution in [0.1, 0.15) is 5.69 Å². The van der Waals surface area contributed by atoms with Crippen LogP contribution in [-0.2, 0) is 0 Å². The van der Waals surface area contributed by atoms with Gasteiger partial charge in [0, 0.05) is 29.0 Å². The van der Waals surface area contributed by atoms with E-state index in [-0.39, 0.29) is 0 Å². The van der Waals surface area contributed by atoms with Crippen molar-refractivity contribution in [2.45, 2.75) is 6.92 Å². The minimum Gasteiger partial charge on any atom is -0.397 e. The van der Waals surface area contributed by atoms with Gasteiger partial charge in [-0.2, -0.15) is 5.10 Å². The molecule has 0 saturated heterocycles. The highest BCUT2D eigenvalue weighted by atomic mass is 15.3. The van der Waals surface area contributed by atoms with Gasteiger partial charge in [-0.1, -0.05) is 18.2 Å². The molecular weight excluding hydrogens is 286 g/mol. The van der Waals surface area contributed by atoms with Crippen molar-refractivity contribution in [2.75, 3.05) is 5.73 Å². The van der Waals surface area contributed by atoms with Gasteiger partial charge in [-0.05, 0) is 36.8 Å². The summed E-state index contributed by atoms with van der Waals surface area (Å²) in [6.45, 7) is 1.97. The van der Waals surface area contributed by atoms with Crippen molar-refractivity contribution in [3.8, 4) is 16.9 Å². The normalized spacial score (nSPS) is 11.0. The number of nitrogens with two attached hydrogens (primary N) is 1. The van der Waals surface area contributed by atoms with E-state index in [4.69, 9.17) is 5.73 Å². The molecule has 0 atom stereocenters. The smallest absolute Gasteiger partial charge is 0.154 e. The highest BCUT2D eigenvalue weighted by Gasteiger charge is 2.08. The van der Waals surface area contributed by atoms with Crippen LogP contribution in [0.3, 0.4) is 0 Å². The van der Waals surface area contributed by atoms with Crippen molar-refractivity contribution in [3.63, 3.8) is 0 Å². The molecule has 23 heavy (non-hydrogen) atoms. The van der Waals surface area contributed by atoms with Crippen LogP contribution in [0.4, 0.5) is 5.69 Å². The fraction of sp³-hybridized carbons (Fsp3) is 0.0556. The largest absolute Gasteiger partial charge is 0.397 e. The maximum absolute atomic E-state index is 5.84. The van der Waals surface area contributed by atoms with Gasteiger partial charge in [0.15, 0.2) is 5.82 Å². The van der Waals surface area contributed by atoms with Crippen LogP contribution in [0, 0.1) is 6.92 Å². The molecule has 5 heteroatoms. The first kappa shape index (κ1) is 13.5. The van der Waals surface area contributed by atoms with Crippen LogP contribution in [-0.4, -0.2) is 19.7 Å². The number of rotatable bonds is 2. The summed E-state index contributed by atoms with van der Waals surface area (Å²) in [4.78, 5) is 8.71. The molecule has 4 rings (SSSR count). The second-order valence-electron chi connectivity index (χ2n) is 5.47. The summed E-state index contributed by atoms with van der Waals surface area (Å²) in [5.41, 5.74) is 10.5. The SMILES string of the molecule is Cc1cccc(-n2ncc3ccc(-c4cncc(N)c4)cc32)n1. The molecule has 0 unspecified atom stereocenters. The number of aromatic nitrogens is 4. The molecule has 1 aromatic carbocycles. The molecule has 0 saturated carbocycles. The van der Waals surface area contributed by atoms with Crippen molar-refractivity contribution in [1.82, 2.24) is 19.7 Å². The third-order valence-corrected chi connectivity index (χ3v) is 3.75. The van der Waals surface area contributed by atoms with E-state index >= 15 is 0 Å². The lowest BCUT2D eigenvalue weighted by Gasteiger charge is -2.06. The Morgan fingerprint density at radius 3 is 2.70 bits per heavy atom. The van der Waals surface area contributed by atoms with Gasteiger partial charge in [-0.15, -0.1) is 0 Å². The molecule has 4 aromatic rings. The number of nitrogen functional groups attached to an aromatic ring is 1. The summed E-state index contributed by atoms with van der Waals surface area (Å²) in [6, 6.07) is 14.0. The third-order valence-electron chi connectivity index (χ3n) is 3.75. The Balaban J connectivity index is 1.90. The lowest BCUT2D eigenvalue weighted by molar-refractivity contribution is 0.867. The van der Waals surface area contributed by atoms with Gasteiger partial charge in [0.25, 0.3) is 0 Å². The first-order valence-corrected chi connectivity index (χ1v) is 7.33. The van der Waals surface area contributed by atoms with Crippen LogP contribution in [0.5, 0.6) is 0 Å². The molecule has 0 spiro atoms. The molecule has 0 aliphatic rings. The Bertz CT molecular complexity index is 1000. The van der Waals surface area contributed by atoms with Crippen molar-refractivity contribution < 1.29 is 0 Å². The number of nitrogens with zero attached hydrogens (tertiary/aromatic N) is 4. The first-order valence-electron chi connectivity index (χ1n) is 7.33. The maximum Gasteiger partial charge on any atom is 0.154 e. The Morgan fingerprint density at radius 1 is 0.957 bits per heavy atom. The van der Waals surface area contributed by atoms with Gasteiger partial charge in [0.2, 0.25) is 0 Å². The molecule has 0 aliphatic carbocycles. The number of hydrogen-bond donors (Lipinski definition) is 1. The average molecular weight is 301 g/mol. The molecule has 0 fully saturated rings. The van der Waals surface area contributed by atoms with Gasteiger partial charge < -0.3 is 5.73 Å². The van der Waals surface area contributed by atoms with E-state index in [0.717, 1.165) is 33.5 Å². The van der Waals surface area contributed by atoms with Gasteiger partial charge >= 0.3 is 0 Å². The van der Waals surface area contributed by atoms with E-state index < -0.39 is 0 Å². The minimum absolute atomic E-state index is 0.649. The van der Waals surface area contributed by atoms with Gasteiger partial charge in [-0.25, -0.2) is 9.67 Å². The van der Waals surface area contributed by atoms with E-state index in [2.05, 4.69) is 27.2 Å². The molecule has 2 N–H and O–H groups in total. The van der Waals surface area contributed by atoms with Gasteiger partial charge in [-0.3, -0.25) is 4.98 Å². The second-order valence-corrected chi connectivity index (χ2v) is 5.47. The van der Waals surface area contributed by atoms with Gasteiger partial charge in [0.05, 0.1) is 17.4 Å². The molecule has 112 valence electrons. The first-order chi connectivity index (χ1) is 11.2. The standard InChI is InChI=1S/C18H15N5/c1-12-3-2-4-18(22-12)23-17-8-13(5-6-14(17)10-21-23)15-7-16(19)11-20-9-15/h2-11H,19H2,1H3. The summed E-state index contributed by atoms with van der Waals surface area (Å²) in [5.74, 6) is 0.808. The fourth-order valence-corrected chi connectivity index (χ4v) is 2.64. The quantitative estimate of drug-likeness (QED) is 0.616.